The molecule has 1 aromatic heterocycles. The van der Waals surface area contributed by atoms with Crippen molar-refractivity contribution in [3.8, 4) is 5.88 Å². The fourth-order valence-electron chi connectivity index (χ4n) is 1.69. The fourth-order valence-corrected chi connectivity index (χ4v) is 2.42. The molecule has 1 heterocycles. The van der Waals surface area contributed by atoms with Gasteiger partial charge in [0.15, 0.2) is 0 Å². The monoisotopic (exact) mass is 272 g/mol. The largest absolute Gasteiger partial charge is 0.480 e. The van der Waals surface area contributed by atoms with Crippen LogP contribution in [0.25, 0.3) is 0 Å². The van der Waals surface area contributed by atoms with E-state index >= 15 is 0 Å². The molecule has 0 saturated carbocycles. The molecule has 0 aliphatic carbocycles. The van der Waals surface area contributed by atoms with Gasteiger partial charge in [0.25, 0.3) is 0 Å². The van der Waals surface area contributed by atoms with Crippen LogP contribution < -0.4 is 4.74 Å². The first kappa shape index (κ1) is 12.4. The second kappa shape index (κ2) is 4.92. The van der Waals surface area contributed by atoms with Crippen LogP contribution in [0.5, 0.6) is 5.88 Å². The highest BCUT2D eigenvalue weighted by Gasteiger charge is 2.23. The quantitative estimate of drug-likeness (QED) is 0.844. The van der Waals surface area contributed by atoms with E-state index < -0.39 is 0 Å². The van der Waals surface area contributed by atoms with Gasteiger partial charge in [-0.2, -0.15) is 0 Å². The molecule has 0 bridgehead atoms. The predicted molar refractivity (Wildman–Crippen MR) is 64.2 cm³/mol. The number of hydrogen-bond donors (Lipinski definition) is 0. The Hall–Kier alpha value is -0.640. The third-order valence-electron chi connectivity index (χ3n) is 2.54. The molecular formula is C11H17BrN2O. The van der Waals surface area contributed by atoms with Crippen molar-refractivity contribution in [2.75, 3.05) is 7.11 Å². The summed E-state index contributed by atoms with van der Waals surface area (Å²) < 4.78 is 5.90. The lowest BCUT2D eigenvalue weighted by molar-refractivity contribution is 0.385. The average Bonchev–Trinajstić information content (AvgIpc) is 2.18. The summed E-state index contributed by atoms with van der Waals surface area (Å²) in [6.07, 6.45) is 2.25. The van der Waals surface area contributed by atoms with Crippen molar-refractivity contribution in [1.29, 1.82) is 0 Å². The SMILES string of the molecule is CCCC(C)(C)c1cc(OC)nnc1Br. The summed E-state index contributed by atoms with van der Waals surface area (Å²) in [6.45, 7) is 6.59. The van der Waals surface area contributed by atoms with E-state index in [0.717, 1.165) is 23.0 Å². The molecule has 1 aromatic rings. The highest BCUT2D eigenvalue weighted by molar-refractivity contribution is 9.10. The van der Waals surface area contributed by atoms with Crippen LogP contribution >= 0.6 is 15.9 Å². The molecule has 1 rings (SSSR count). The maximum atomic E-state index is 5.09. The normalized spacial score (nSPS) is 11.5. The molecule has 0 aromatic carbocycles. The van der Waals surface area contributed by atoms with E-state index in [2.05, 4.69) is 46.9 Å². The molecule has 3 nitrogen and oxygen atoms in total. The molecule has 0 saturated heterocycles. The van der Waals surface area contributed by atoms with Crippen molar-refractivity contribution in [3.63, 3.8) is 0 Å². The minimum Gasteiger partial charge on any atom is -0.480 e. The summed E-state index contributed by atoms with van der Waals surface area (Å²) in [7, 11) is 1.61. The molecule has 4 heteroatoms. The van der Waals surface area contributed by atoms with Crippen molar-refractivity contribution in [3.05, 3.63) is 16.2 Å². The van der Waals surface area contributed by atoms with Crippen LogP contribution in [0.15, 0.2) is 10.7 Å². The molecule has 0 fully saturated rings. The number of nitrogens with zero attached hydrogens (tertiary/aromatic N) is 2. The van der Waals surface area contributed by atoms with E-state index in [4.69, 9.17) is 4.74 Å². The highest BCUT2D eigenvalue weighted by atomic mass is 79.9. The number of ether oxygens (including phenoxy) is 1. The second-order valence-corrected chi connectivity index (χ2v) is 4.98. The Kier molecular flexibility index (Phi) is 4.08. The van der Waals surface area contributed by atoms with Crippen LogP contribution in [0, 0.1) is 0 Å². The smallest absolute Gasteiger partial charge is 0.233 e. The third kappa shape index (κ3) is 2.91. The van der Waals surface area contributed by atoms with E-state index in [9.17, 15) is 0 Å². The topological polar surface area (TPSA) is 35.0 Å². The number of halogens is 1. The Morgan fingerprint density at radius 3 is 2.60 bits per heavy atom. The number of methoxy groups -OCH3 is 1. The fraction of sp³-hybridized carbons (Fsp3) is 0.636. The highest BCUT2D eigenvalue weighted by Crippen LogP contribution is 2.33. The summed E-state index contributed by atoms with van der Waals surface area (Å²) in [4.78, 5) is 0. The van der Waals surface area contributed by atoms with Crippen molar-refractivity contribution in [1.82, 2.24) is 10.2 Å². The Morgan fingerprint density at radius 1 is 1.40 bits per heavy atom. The van der Waals surface area contributed by atoms with Crippen LogP contribution in [-0.4, -0.2) is 17.3 Å². The van der Waals surface area contributed by atoms with Gasteiger partial charge < -0.3 is 4.74 Å². The molecule has 15 heavy (non-hydrogen) atoms. The minimum atomic E-state index is 0.0941. The minimum absolute atomic E-state index is 0.0941. The van der Waals surface area contributed by atoms with Gasteiger partial charge in [-0.25, -0.2) is 0 Å². The van der Waals surface area contributed by atoms with Gasteiger partial charge in [-0.3, -0.25) is 0 Å². The average molecular weight is 273 g/mol. The van der Waals surface area contributed by atoms with Crippen LogP contribution in [-0.2, 0) is 5.41 Å². The molecule has 0 unspecified atom stereocenters. The van der Waals surface area contributed by atoms with E-state index in [1.54, 1.807) is 7.11 Å². The molecule has 84 valence electrons. The third-order valence-corrected chi connectivity index (χ3v) is 3.13. The molecule has 0 atom stereocenters. The van der Waals surface area contributed by atoms with Crippen LogP contribution in [0.3, 0.4) is 0 Å². The van der Waals surface area contributed by atoms with Crippen molar-refractivity contribution in [2.24, 2.45) is 0 Å². The summed E-state index contributed by atoms with van der Waals surface area (Å²) in [5.74, 6) is 0.567. The molecule has 0 amide bonds. The first-order valence-electron chi connectivity index (χ1n) is 5.09. The first-order valence-corrected chi connectivity index (χ1v) is 5.88. The van der Waals surface area contributed by atoms with E-state index in [1.807, 2.05) is 6.07 Å². The maximum absolute atomic E-state index is 5.09. The summed E-state index contributed by atoms with van der Waals surface area (Å²) >= 11 is 3.44. The number of rotatable bonds is 4. The Labute approximate surface area is 99.4 Å². The Balaban J connectivity index is 3.11. The zero-order chi connectivity index (χ0) is 11.5. The van der Waals surface area contributed by atoms with Gasteiger partial charge in [-0.05, 0) is 33.3 Å². The van der Waals surface area contributed by atoms with Crippen molar-refractivity contribution < 1.29 is 4.74 Å². The summed E-state index contributed by atoms with van der Waals surface area (Å²) in [5.41, 5.74) is 1.24. The van der Waals surface area contributed by atoms with E-state index in [-0.39, 0.29) is 5.41 Å². The Morgan fingerprint density at radius 2 is 2.07 bits per heavy atom. The molecule has 0 aliphatic heterocycles. The van der Waals surface area contributed by atoms with Gasteiger partial charge in [0.05, 0.1) is 7.11 Å². The molecule has 0 N–H and O–H groups in total. The lowest BCUT2D eigenvalue weighted by Gasteiger charge is -2.25. The lowest BCUT2D eigenvalue weighted by atomic mass is 9.82. The van der Waals surface area contributed by atoms with Gasteiger partial charge in [0.1, 0.15) is 4.60 Å². The van der Waals surface area contributed by atoms with Gasteiger partial charge in [-0.15, -0.1) is 10.2 Å². The molecule has 0 aliphatic rings. The Bertz CT molecular complexity index is 339. The van der Waals surface area contributed by atoms with Crippen LogP contribution in [0.4, 0.5) is 0 Å². The van der Waals surface area contributed by atoms with Crippen molar-refractivity contribution >= 4 is 15.9 Å². The predicted octanol–water partition coefficient (Wildman–Crippen LogP) is 3.33. The molecule has 0 spiro atoms. The first-order chi connectivity index (χ1) is 7.01. The zero-order valence-electron chi connectivity index (χ0n) is 9.67. The molecular weight excluding hydrogens is 256 g/mol. The van der Waals surface area contributed by atoms with Gasteiger partial charge in [0, 0.05) is 6.07 Å². The summed E-state index contributed by atoms with van der Waals surface area (Å²) in [5, 5.41) is 7.95. The van der Waals surface area contributed by atoms with Gasteiger partial charge in [0.2, 0.25) is 5.88 Å². The standard InChI is InChI=1S/C11H17BrN2O/c1-5-6-11(2,3)8-7-9(15-4)13-14-10(8)12/h7H,5-6H2,1-4H3. The lowest BCUT2D eigenvalue weighted by Crippen LogP contribution is -2.18. The van der Waals surface area contributed by atoms with Gasteiger partial charge in [-0.1, -0.05) is 27.2 Å². The number of aromatic nitrogens is 2. The van der Waals surface area contributed by atoms with Gasteiger partial charge >= 0.3 is 0 Å². The molecule has 0 radical (unpaired) electrons. The van der Waals surface area contributed by atoms with E-state index in [0.29, 0.717) is 5.88 Å². The van der Waals surface area contributed by atoms with Crippen LogP contribution in [0.2, 0.25) is 0 Å². The van der Waals surface area contributed by atoms with Crippen molar-refractivity contribution in [2.45, 2.75) is 39.0 Å². The zero-order valence-corrected chi connectivity index (χ0v) is 11.3. The maximum Gasteiger partial charge on any atom is 0.233 e. The summed E-state index contributed by atoms with van der Waals surface area (Å²) in [6, 6.07) is 1.95. The second-order valence-electron chi connectivity index (χ2n) is 4.23. The van der Waals surface area contributed by atoms with Crippen LogP contribution in [0.1, 0.15) is 39.2 Å². The number of hydrogen-bond acceptors (Lipinski definition) is 3. The van der Waals surface area contributed by atoms with E-state index in [1.165, 1.54) is 0 Å².